The summed E-state index contributed by atoms with van der Waals surface area (Å²) in [5.74, 6) is 0. The molecule has 0 aliphatic rings. The van der Waals surface area contributed by atoms with Crippen molar-refractivity contribution in [3.05, 3.63) is 0 Å². The molecule has 0 aromatic heterocycles. The van der Waals surface area contributed by atoms with Crippen LogP contribution in [0.1, 0.15) is 20.3 Å². The maximum Gasteiger partial charge on any atom is 0.0496 e. The van der Waals surface area contributed by atoms with E-state index < -0.39 is 0 Å². The number of hydrogen-bond donors (Lipinski definition) is 3. The van der Waals surface area contributed by atoms with Crippen molar-refractivity contribution in [3.8, 4) is 0 Å². The first-order chi connectivity index (χ1) is 4.54. The number of aliphatic hydroxyl groups excluding tert-OH is 1. The second-order valence-corrected chi connectivity index (χ2v) is 3.33. The van der Waals surface area contributed by atoms with E-state index in [1.54, 1.807) is 0 Å². The minimum absolute atomic E-state index is 0.00231. The molecule has 0 aliphatic heterocycles. The predicted octanol–water partition coefficient (Wildman–Crippen LogP) is -0.319. The molecule has 0 fully saturated rings. The van der Waals surface area contributed by atoms with Gasteiger partial charge in [0.15, 0.2) is 0 Å². The number of nitrogens with two attached hydrogens (primary N) is 2. The van der Waals surface area contributed by atoms with Gasteiger partial charge in [-0.2, -0.15) is 0 Å². The van der Waals surface area contributed by atoms with Crippen molar-refractivity contribution < 1.29 is 5.11 Å². The molecule has 0 aromatic rings. The van der Waals surface area contributed by atoms with Crippen molar-refractivity contribution in [1.29, 1.82) is 0 Å². The van der Waals surface area contributed by atoms with Crippen LogP contribution in [0.25, 0.3) is 0 Å². The van der Waals surface area contributed by atoms with Crippen molar-refractivity contribution in [2.75, 3.05) is 13.2 Å². The SMILES string of the molecule is CC(C)(CO)C(N)CCN. The maximum atomic E-state index is 8.87. The van der Waals surface area contributed by atoms with Gasteiger partial charge in [0.25, 0.3) is 0 Å². The van der Waals surface area contributed by atoms with E-state index in [4.69, 9.17) is 16.6 Å². The van der Waals surface area contributed by atoms with Crippen molar-refractivity contribution in [1.82, 2.24) is 0 Å². The van der Waals surface area contributed by atoms with E-state index >= 15 is 0 Å². The maximum absolute atomic E-state index is 8.87. The minimum Gasteiger partial charge on any atom is -0.396 e. The topological polar surface area (TPSA) is 72.3 Å². The Morgan fingerprint density at radius 2 is 2.00 bits per heavy atom. The Balaban J connectivity index is 3.78. The van der Waals surface area contributed by atoms with E-state index in [9.17, 15) is 0 Å². The fraction of sp³-hybridized carbons (Fsp3) is 1.00. The molecule has 62 valence electrons. The zero-order chi connectivity index (χ0) is 8.20. The number of hydrogen-bond acceptors (Lipinski definition) is 3. The summed E-state index contributed by atoms with van der Waals surface area (Å²) in [5, 5.41) is 8.87. The zero-order valence-corrected chi connectivity index (χ0v) is 6.80. The molecular weight excluding hydrogens is 128 g/mol. The molecule has 3 heteroatoms. The predicted molar refractivity (Wildman–Crippen MR) is 42.5 cm³/mol. The molecule has 0 aromatic carbocycles. The van der Waals surface area contributed by atoms with Crippen LogP contribution in [0.5, 0.6) is 0 Å². The lowest BCUT2D eigenvalue weighted by molar-refractivity contribution is 0.129. The van der Waals surface area contributed by atoms with Gasteiger partial charge in [-0.05, 0) is 13.0 Å². The third kappa shape index (κ3) is 2.64. The lowest BCUT2D eigenvalue weighted by Gasteiger charge is -2.28. The fourth-order valence-corrected chi connectivity index (χ4v) is 0.688. The molecule has 1 unspecified atom stereocenters. The summed E-state index contributed by atoms with van der Waals surface area (Å²) in [6.45, 7) is 4.58. The fourth-order valence-electron chi connectivity index (χ4n) is 0.688. The first kappa shape index (κ1) is 9.88. The molecule has 10 heavy (non-hydrogen) atoms. The van der Waals surface area contributed by atoms with Gasteiger partial charge in [0.1, 0.15) is 0 Å². The Labute approximate surface area is 62.4 Å². The molecule has 0 aliphatic carbocycles. The Morgan fingerprint density at radius 1 is 1.50 bits per heavy atom. The highest BCUT2D eigenvalue weighted by Crippen LogP contribution is 2.19. The third-order valence-electron chi connectivity index (χ3n) is 1.89. The molecule has 3 nitrogen and oxygen atoms in total. The quantitative estimate of drug-likeness (QED) is 0.509. The van der Waals surface area contributed by atoms with Crippen molar-refractivity contribution in [2.45, 2.75) is 26.3 Å². The Bertz CT molecular complexity index is 93.6. The van der Waals surface area contributed by atoms with Crippen LogP contribution in [0.2, 0.25) is 0 Å². The molecule has 0 saturated carbocycles. The number of aliphatic hydroxyl groups is 1. The van der Waals surface area contributed by atoms with Crippen LogP contribution in [0.15, 0.2) is 0 Å². The standard InChI is InChI=1S/C7H18N2O/c1-7(2,5-10)6(9)3-4-8/h6,10H,3-5,8-9H2,1-2H3. The Kier molecular flexibility index (Phi) is 3.86. The van der Waals surface area contributed by atoms with Gasteiger partial charge in [-0.15, -0.1) is 0 Å². The average Bonchev–Trinajstić information content (AvgIpc) is 1.89. The van der Waals surface area contributed by atoms with Crippen molar-refractivity contribution in [2.24, 2.45) is 16.9 Å². The van der Waals surface area contributed by atoms with Crippen LogP contribution < -0.4 is 11.5 Å². The summed E-state index contributed by atoms with van der Waals surface area (Å²) in [4.78, 5) is 0. The highest BCUT2D eigenvalue weighted by molar-refractivity contribution is 4.80. The molecule has 0 heterocycles. The van der Waals surface area contributed by atoms with Gasteiger partial charge < -0.3 is 16.6 Å². The first-order valence-electron chi connectivity index (χ1n) is 3.61. The molecular formula is C7H18N2O. The van der Waals surface area contributed by atoms with Gasteiger partial charge in [-0.1, -0.05) is 13.8 Å². The molecule has 0 spiro atoms. The monoisotopic (exact) mass is 146 g/mol. The van der Waals surface area contributed by atoms with Crippen LogP contribution in [-0.4, -0.2) is 24.3 Å². The summed E-state index contributed by atoms with van der Waals surface area (Å²) in [6, 6.07) is 0.00231. The molecule has 0 saturated heterocycles. The smallest absolute Gasteiger partial charge is 0.0496 e. The summed E-state index contributed by atoms with van der Waals surface area (Å²) in [5.41, 5.74) is 10.9. The average molecular weight is 146 g/mol. The summed E-state index contributed by atoms with van der Waals surface area (Å²) < 4.78 is 0. The van der Waals surface area contributed by atoms with Gasteiger partial charge in [-0.3, -0.25) is 0 Å². The van der Waals surface area contributed by atoms with Crippen LogP contribution >= 0.6 is 0 Å². The van der Waals surface area contributed by atoms with Gasteiger partial charge in [0.2, 0.25) is 0 Å². The van der Waals surface area contributed by atoms with Crippen LogP contribution in [0.3, 0.4) is 0 Å². The van der Waals surface area contributed by atoms with Gasteiger partial charge >= 0.3 is 0 Å². The van der Waals surface area contributed by atoms with Crippen LogP contribution in [0, 0.1) is 5.41 Å². The number of rotatable bonds is 4. The van der Waals surface area contributed by atoms with E-state index in [2.05, 4.69) is 0 Å². The molecule has 1 atom stereocenters. The molecule has 5 N–H and O–H groups in total. The summed E-state index contributed by atoms with van der Waals surface area (Å²) in [6.07, 6.45) is 0.771. The highest BCUT2D eigenvalue weighted by atomic mass is 16.3. The molecule has 0 bridgehead atoms. The van der Waals surface area contributed by atoms with Crippen LogP contribution in [-0.2, 0) is 0 Å². The summed E-state index contributed by atoms with van der Waals surface area (Å²) in [7, 11) is 0. The largest absolute Gasteiger partial charge is 0.396 e. The van der Waals surface area contributed by atoms with Crippen LogP contribution in [0.4, 0.5) is 0 Å². The Hall–Kier alpha value is -0.120. The van der Waals surface area contributed by atoms with Crippen molar-refractivity contribution in [3.63, 3.8) is 0 Å². The lowest BCUT2D eigenvalue weighted by Crippen LogP contribution is -2.41. The van der Waals surface area contributed by atoms with E-state index in [0.717, 1.165) is 6.42 Å². The first-order valence-corrected chi connectivity index (χ1v) is 3.61. The molecule has 0 radical (unpaired) electrons. The third-order valence-corrected chi connectivity index (χ3v) is 1.89. The van der Waals surface area contributed by atoms with Gasteiger partial charge in [-0.25, -0.2) is 0 Å². The highest BCUT2D eigenvalue weighted by Gasteiger charge is 2.24. The van der Waals surface area contributed by atoms with E-state index in [0.29, 0.717) is 6.54 Å². The normalized spacial score (nSPS) is 15.3. The molecule has 0 rings (SSSR count). The van der Waals surface area contributed by atoms with Crippen molar-refractivity contribution >= 4 is 0 Å². The second kappa shape index (κ2) is 3.91. The van der Waals surface area contributed by atoms with E-state index in [-0.39, 0.29) is 18.1 Å². The summed E-state index contributed by atoms with van der Waals surface area (Å²) >= 11 is 0. The molecule has 0 amide bonds. The minimum atomic E-state index is -0.195. The zero-order valence-electron chi connectivity index (χ0n) is 6.80. The second-order valence-electron chi connectivity index (χ2n) is 3.33. The van der Waals surface area contributed by atoms with Gasteiger partial charge in [0, 0.05) is 18.1 Å². The van der Waals surface area contributed by atoms with E-state index in [1.165, 1.54) is 0 Å². The van der Waals surface area contributed by atoms with E-state index in [1.807, 2.05) is 13.8 Å². The Morgan fingerprint density at radius 3 is 2.30 bits per heavy atom. The van der Waals surface area contributed by atoms with Gasteiger partial charge in [0.05, 0.1) is 0 Å². The lowest BCUT2D eigenvalue weighted by atomic mass is 9.84.